The topological polar surface area (TPSA) is 78.4 Å². The number of aliphatic imine (C=N–C) groups is 1. The smallest absolute Gasteiger partial charge is 0.271 e. The minimum atomic E-state index is -0.490. The van der Waals surface area contributed by atoms with Gasteiger partial charge in [-0.1, -0.05) is 12.1 Å². The van der Waals surface area contributed by atoms with E-state index in [4.69, 9.17) is 0 Å². The summed E-state index contributed by atoms with van der Waals surface area (Å²) in [4.78, 5) is 16.6. The Kier molecular flexibility index (Phi) is 5.02. The molecule has 6 heteroatoms. The van der Waals surface area contributed by atoms with E-state index < -0.39 is 5.56 Å². The first-order valence-corrected chi connectivity index (χ1v) is 7.84. The molecule has 0 amide bonds. The van der Waals surface area contributed by atoms with Crippen LogP contribution in [0.25, 0.3) is 0 Å². The molecule has 0 unspecified atom stereocenters. The summed E-state index contributed by atoms with van der Waals surface area (Å²) < 4.78 is 2.01. The number of pyridine rings is 1. The molecule has 1 aromatic carbocycles. The van der Waals surface area contributed by atoms with Crippen LogP contribution in [-0.2, 0) is 0 Å². The van der Waals surface area contributed by atoms with Crippen LogP contribution < -0.4 is 5.56 Å². The van der Waals surface area contributed by atoms with Crippen molar-refractivity contribution in [2.75, 3.05) is 0 Å². The number of rotatable bonds is 3. The summed E-state index contributed by atoms with van der Waals surface area (Å²) in [7, 11) is 0. The Hall–Kier alpha value is -2.39. The zero-order valence-corrected chi connectivity index (χ0v) is 14.6. The third kappa shape index (κ3) is 3.20. The third-order valence-electron chi connectivity index (χ3n) is 3.49. The number of aromatic nitrogens is 1. The van der Waals surface area contributed by atoms with E-state index in [0.717, 1.165) is 4.47 Å². The predicted molar refractivity (Wildman–Crippen MR) is 93.6 cm³/mol. The molecule has 0 saturated heterocycles. The fourth-order valence-corrected chi connectivity index (χ4v) is 2.65. The maximum Gasteiger partial charge on any atom is 0.271 e. The third-order valence-corrected chi connectivity index (χ3v) is 4.16. The van der Waals surface area contributed by atoms with Gasteiger partial charge in [-0.3, -0.25) is 14.4 Å². The van der Waals surface area contributed by atoms with Crippen LogP contribution >= 0.6 is 15.9 Å². The van der Waals surface area contributed by atoms with Crippen molar-refractivity contribution in [3.05, 3.63) is 55.8 Å². The summed E-state index contributed by atoms with van der Waals surface area (Å²) in [6, 6.07) is 9.04. The molecule has 0 saturated carbocycles. The van der Waals surface area contributed by atoms with Gasteiger partial charge >= 0.3 is 0 Å². The minimum absolute atomic E-state index is 0.0186. The molecule has 118 valence electrons. The summed E-state index contributed by atoms with van der Waals surface area (Å²) in [6.45, 7) is 5.17. The van der Waals surface area contributed by atoms with Gasteiger partial charge in [0.1, 0.15) is 11.6 Å². The number of hydrogen-bond acceptors (Lipinski definition) is 4. The molecule has 2 rings (SSSR count). The van der Waals surface area contributed by atoms with Crippen LogP contribution in [0, 0.1) is 18.3 Å². The van der Waals surface area contributed by atoms with Crippen molar-refractivity contribution in [2.45, 2.75) is 26.8 Å². The summed E-state index contributed by atoms with van der Waals surface area (Å²) in [6.07, 6.45) is 1.48. The Labute approximate surface area is 142 Å². The average Bonchev–Trinajstić information content (AvgIpc) is 2.48. The maximum atomic E-state index is 12.3. The second-order valence-electron chi connectivity index (χ2n) is 5.33. The Morgan fingerprint density at radius 1 is 1.39 bits per heavy atom. The second kappa shape index (κ2) is 6.80. The molecule has 2 aromatic rings. The highest BCUT2D eigenvalue weighted by Gasteiger charge is 2.19. The van der Waals surface area contributed by atoms with Crippen molar-refractivity contribution in [3.63, 3.8) is 0 Å². The van der Waals surface area contributed by atoms with E-state index in [9.17, 15) is 15.2 Å². The highest BCUT2D eigenvalue weighted by molar-refractivity contribution is 9.10. The van der Waals surface area contributed by atoms with Crippen molar-refractivity contribution in [1.82, 2.24) is 4.57 Å². The predicted octanol–water partition coefficient (Wildman–Crippen LogP) is 3.83. The minimum Gasteiger partial charge on any atom is -0.494 e. The van der Waals surface area contributed by atoms with Crippen LogP contribution in [0.4, 0.5) is 5.69 Å². The molecule has 0 atom stereocenters. The second-order valence-corrected chi connectivity index (χ2v) is 6.18. The lowest BCUT2D eigenvalue weighted by Gasteiger charge is -2.16. The molecule has 0 radical (unpaired) electrons. The number of hydrogen-bond donors (Lipinski definition) is 1. The van der Waals surface area contributed by atoms with Gasteiger partial charge in [0.25, 0.3) is 5.56 Å². The van der Waals surface area contributed by atoms with E-state index in [1.807, 2.05) is 30.3 Å². The SMILES string of the molecule is Cc1c(C=Nc2ccccc2Br)c(O)n(C(C)C)c(=O)c1C#N. The number of para-hydroxylation sites is 1. The van der Waals surface area contributed by atoms with Crippen LogP contribution in [-0.4, -0.2) is 15.9 Å². The van der Waals surface area contributed by atoms with Crippen molar-refractivity contribution >= 4 is 27.8 Å². The number of halogens is 1. The normalized spacial score (nSPS) is 11.1. The molecule has 0 aliphatic rings. The summed E-state index contributed by atoms with van der Waals surface area (Å²) in [5.41, 5.74) is 1.00. The first-order valence-electron chi connectivity index (χ1n) is 7.05. The maximum absolute atomic E-state index is 12.3. The Balaban J connectivity index is 2.68. The number of aromatic hydroxyl groups is 1. The van der Waals surface area contributed by atoms with Gasteiger partial charge in [0, 0.05) is 16.7 Å². The number of benzene rings is 1. The van der Waals surface area contributed by atoms with E-state index in [-0.39, 0.29) is 17.5 Å². The molecule has 1 N–H and O–H groups in total. The number of nitriles is 1. The van der Waals surface area contributed by atoms with Gasteiger partial charge < -0.3 is 5.11 Å². The fraction of sp³-hybridized carbons (Fsp3) is 0.235. The van der Waals surface area contributed by atoms with Crippen LogP contribution in [0.15, 0.2) is 38.5 Å². The average molecular weight is 374 g/mol. The van der Waals surface area contributed by atoms with Gasteiger partial charge in [0.15, 0.2) is 0 Å². The van der Waals surface area contributed by atoms with Gasteiger partial charge in [-0.25, -0.2) is 0 Å². The quantitative estimate of drug-likeness (QED) is 0.830. The van der Waals surface area contributed by atoms with Crippen molar-refractivity contribution < 1.29 is 5.11 Å². The van der Waals surface area contributed by atoms with Gasteiger partial charge in [0.05, 0.1) is 11.3 Å². The Bertz CT molecular complexity index is 877. The van der Waals surface area contributed by atoms with Crippen molar-refractivity contribution in [1.29, 1.82) is 5.26 Å². The van der Waals surface area contributed by atoms with Crippen LogP contribution in [0.1, 0.15) is 36.6 Å². The largest absolute Gasteiger partial charge is 0.494 e. The van der Waals surface area contributed by atoms with E-state index in [0.29, 0.717) is 16.8 Å². The fourth-order valence-electron chi connectivity index (χ4n) is 2.27. The number of nitrogens with zero attached hydrogens (tertiary/aromatic N) is 3. The van der Waals surface area contributed by atoms with Crippen LogP contribution in [0.5, 0.6) is 5.88 Å². The molecule has 1 heterocycles. The molecule has 1 aromatic heterocycles. The first kappa shape index (κ1) is 17.0. The lowest BCUT2D eigenvalue weighted by Crippen LogP contribution is -2.26. The summed E-state index contributed by atoms with van der Waals surface area (Å²) in [5.74, 6) is -0.183. The molecule has 0 aliphatic carbocycles. The first-order chi connectivity index (χ1) is 10.9. The van der Waals surface area contributed by atoms with E-state index in [1.165, 1.54) is 10.8 Å². The zero-order chi connectivity index (χ0) is 17.1. The van der Waals surface area contributed by atoms with Crippen molar-refractivity contribution in [3.8, 4) is 11.9 Å². The zero-order valence-electron chi connectivity index (χ0n) is 13.0. The van der Waals surface area contributed by atoms with Gasteiger partial charge in [0.2, 0.25) is 5.88 Å². The molecular formula is C17H16BrN3O2. The molecular weight excluding hydrogens is 358 g/mol. The summed E-state index contributed by atoms with van der Waals surface area (Å²) in [5, 5.41) is 19.7. The molecule has 0 bridgehead atoms. The van der Waals surface area contributed by atoms with E-state index in [1.54, 1.807) is 20.8 Å². The summed E-state index contributed by atoms with van der Waals surface area (Å²) >= 11 is 3.40. The standard InChI is InChI=1S/C17H16BrN3O2/c1-10(2)21-16(22)12(8-19)11(3)13(17(21)23)9-20-15-7-5-4-6-14(15)18/h4-7,9-10,23H,1-3H3. The Morgan fingerprint density at radius 3 is 2.61 bits per heavy atom. The molecule has 0 spiro atoms. The highest BCUT2D eigenvalue weighted by Crippen LogP contribution is 2.27. The molecule has 5 nitrogen and oxygen atoms in total. The monoisotopic (exact) mass is 373 g/mol. The van der Waals surface area contributed by atoms with Gasteiger partial charge in [-0.2, -0.15) is 5.26 Å². The highest BCUT2D eigenvalue weighted by atomic mass is 79.9. The van der Waals surface area contributed by atoms with Crippen LogP contribution in [0.2, 0.25) is 0 Å². The lowest BCUT2D eigenvalue weighted by atomic mass is 10.1. The molecule has 0 aliphatic heterocycles. The van der Waals surface area contributed by atoms with Gasteiger partial charge in [-0.15, -0.1) is 0 Å². The lowest BCUT2D eigenvalue weighted by molar-refractivity contribution is 0.386. The van der Waals surface area contributed by atoms with E-state index >= 15 is 0 Å². The molecule has 23 heavy (non-hydrogen) atoms. The van der Waals surface area contributed by atoms with Crippen LogP contribution in [0.3, 0.4) is 0 Å². The Morgan fingerprint density at radius 2 is 2.04 bits per heavy atom. The van der Waals surface area contributed by atoms with Crippen molar-refractivity contribution in [2.24, 2.45) is 4.99 Å². The molecule has 0 fully saturated rings. The van der Waals surface area contributed by atoms with Gasteiger partial charge in [-0.05, 0) is 54.4 Å². The van der Waals surface area contributed by atoms with E-state index in [2.05, 4.69) is 20.9 Å².